The van der Waals surface area contributed by atoms with E-state index in [9.17, 15) is 9.59 Å². The Morgan fingerprint density at radius 2 is 1.89 bits per heavy atom. The number of nitrogens with one attached hydrogen (secondary N) is 1. The van der Waals surface area contributed by atoms with Crippen LogP contribution >= 0.6 is 0 Å². The van der Waals surface area contributed by atoms with Gasteiger partial charge in [0.2, 0.25) is 11.8 Å². The molecule has 2 amide bonds. The van der Waals surface area contributed by atoms with Crippen LogP contribution in [0.2, 0.25) is 0 Å². The van der Waals surface area contributed by atoms with Crippen molar-refractivity contribution in [3.05, 3.63) is 64.9 Å². The van der Waals surface area contributed by atoms with E-state index >= 15 is 0 Å². The topological polar surface area (TPSA) is 58.6 Å². The van der Waals surface area contributed by atoms with Gasteiger partial charge in [0.25, 0.3) is 0 Å². The van der Waals surface area contributed by atoms with Gasteiger partial charge in [0.15, 0.2) is 0 Å². The molecule has 5 nitrogen and oxygen atoms in total. The Bertz CT molecular complexity index is 918. The second-order valence-electron chi connectivity index (χ2n) is 6.73. The predicted octanol–water partition coefficient (Wildman–Crippen LogP) is 4.21. The van der Waals surface area contributed by atoms with Crippen LogP contribution in [0, 0.1) is 13.8 Å². The number of aryl methyl sites for hydroxylation is 1. The fourth-order valence-corrected chi connectivity index (χ4v) is 3.57. The summed E-state index contributed by atoms with van der Waals surface area (Å²) < 4.78 is 5.43. The summed E-state index contributed by atoms with van der Waals surface area (Å²) in [6.07, 6.45) is 3.83. The van der Waals surface area contributed by atoms with Crippen molar-refractivity contribution >= 4 is 23.6 Å². The third-order valence-electron chi connectivity index (χ3n) is 4.93. The molecule has 1 aliphatic heterocycles. The first-order valence-electron chi connectivity index (χ1n) is 8.92. The molecule has 140 valence electrons. The average molecular weight is 364 g/mol. The summed E-state index contributed by atoms with van der Waals surface area (Å²) >= 11 is 0. The fourth-order valence-electron chi connectivity index (χ4n) is 3.57. The van der Waals surface area contributed by atoms with Crippen molar-refractivity contribution in [2.75, 3.05) is 12.4 Å². The Morgan fingerprint density at radius 1 is 1.15 bits per heavy atom. The molecule has 0 radical (unpaired) electrons. The van der Waals surface area contributed by atoms with E-state index in [0.29, 0.717) is 0 Å². The number of carbonyl (C=O) groups is 2. The highest BCUT2D eigenvalue weighted by molar-refractivity contribution is 5.93. The van der Waals surface area contributed by atoms with Gasteiger partial charge in [-0.05, 0) is 42.7 Å². The predicted molar refractivity (Wildman–Crippen MR) is 106 cm³/mol. The summed E-state index contributed by atoms with van der Waals surface area (Å²) in [5.74, 6) is 0.529. The van der Waals surface area contributed by atoms with E-state index in [2.05, 4.69) is 5.32 Å². The molecule has 0 spiro atoms. The van der Waals surface area contributed by atoms with Gasteiger partial charge >= 0.3 is 0 Å². The minimum atomic E-state index is -0.323. The minimum Gasteiger partial charge on any atom is -0.496 e. The standard InChI is InChI=1S/C22H24N2O3/c1-14-9-10-19(15(2)22(14)27-4)23-21(26)13-20-18-8-6-5-7-17(18)11-12-24(20)16(3)25/h5-12,20H,13H2,1-4H3,(H,23,26)/t20-/m0/s1. The normalized spacial score (nSPS) is 15.3. The largest absolute Gasteiger partial charge is 0.496 e. The van der Waals surface area contributed by atoms with Crippen LogP contribution < -0.4 is 10.1 Å². The van der Waals surface area contributed by atoms with Crippen molar-refractivity contribution in [2.24, 2.45) is 0 Å². The first kappa shape index (κ1) is 18.7. The van der Waals surface area contributed by atoms with E-state index in [-0.39, 0.29) is 24.3 Å². The molecule has 0 bridgehead atoms. The molecule has 2 aromatic rings. The first-order chi connectivity index (χ1) is 12.9. The highest BCUT2D eigenvalue weighted by Gasteiger charge is 2.28. The Balaban J connectivity index is 1.84. The number of rotatable bonds is 4. The van der Waals surface area contributed by atoms with Gasteiger partial charge in [-0.2, -0.15) is 0 Å². The Labute approximate surface area is 159 Å². The summed E-state index contributed by atoms with van der Waals surface area (Å²) in [7, 11) is 1.62. The quantitative estimate of drug-likeness (QED) is 0.884. The van der Waals surface area contributed by atoms with Crippen molar-refractivity contribution in [3.63, 3.8) is 0 Å². The van der Waals surface area contributed by atoms with E-state index in [1.54, 1.807) is 18.2 Å². The average Bonchev–Trinajstić information content (AvgIpc) is 2.64. The second kappa shape index (κ2) is 7.66. The number of amides is 2. The van der Waals surface area contributed by atoms with Crippen LogP contribution in [-0.2, 0) is 9.59 Å². The van der Waals surface area contributed by atoms with Crippen LogP contribution in [0.3, 0.4) is 0 Å². The van der Waals surface area contributed by atoms with E-state index in [1.807, 2.05) is 56.3 Å². The zero-order valence-electron chi connectivity index (χ0n) is 16.1. The number of nitrogens with zero attached hydrogens (tertiary/aromatic N) is 1. The monoisotopic (exact) mass is 364 g/mol. The number of hydrogen-bond donors (Lipinski definition) is 1. The lowest BCUT2D eigenvalue weighted by Crippen LogP contribution is -2.33. The third kappa shape index (κ3) is 3.72. The number of fused-ring (bicyclic) bond motifs is 1. The highest BCUT2D eigenvalue weighted by Crippen LogP contribution is 2.34. The van der Waals surface area contributed by atoms with E-state index in [0.717, 1.165) is 33.7 Å². The number of hydrogen-bond acceptors (Lipinski definition) is 3. The highest BCUT2D eigenvalue weighted by atomic mass is 16.5. The molecule has 0 fully saturated rings. The molecule has 1 aliphatic rings. The Hall–Kier alpha value is -3.08. The summed E-state index contributed by atoms with van der Waals surface area (Å²) in [4.78, 5) is 26.5. The molecular formula is C22H24N2O3. The number of benzene rings is 2. The number of methoxy groups -OCH3 is 1. The van der Waals surface area contributed by atoms with Crippen molar-refractivity contribution in [1.82, 2.24) is 4.90 Å². The van der Waals surface area contributed by atoms with E-state index in [4.69, 9.17) is 4.74 Å². The zero-order valence-corrected chi connectivity index (χ0v) is 16.1. The van der Waals surface area contributed by atoms with Crippen molar-refractivity contribution in [1.29, 1.82) is 0 Å². The third-order valence-corrected chi connectivity index (χ3v) is 4.93. The van der Waals surface area contributed by atoms with Crippen LogP contribution in [-0.4, -0.2) is 23.8 Å². The lowest BCUT2D eigenvalue weighted by atomic mass is 9.93. The lowest BCUT2D eigenvalue weighted by Gasteiger charge is -2.32. The van der Waals surface area contributed by atoms with Crippen molar-refractivity contribution in [2.45, 2.75) is 33.2 Å². The van der Waals surface area contributed by atoms with Crippen LogP contribution in [0.15, 0.2) is 42.6 Å². The Morgan fingerprint density at radius 3 is 2.59 bits per heavy atom. The molecule has 0 aromatic heterocycles. The molecule has 0 saturated heterocycles. The van der Waals surface area contributed by atoms with Gasteiger partial charge in [-0.3, -0.25) is 9.59 Å². The van der Waals surface area contributed by atoms with Gasteiger partial charge in [-0.15, -0.1) is 0 Å². The summed E-state index contributed by atoms with van der Waals surface area (Å²) in [6, 6.07) is 11.3. The SMILES string of the molecule is COc1c(C)ccc(NC(=O)C[C@H]2c3ccccc3C=CN2C(C)=O)c1C. The van der Waals surface area contributed by atoms with Gasteiger partial charge in [0.05, 0.1) is 19.6 Å². The molecule has 0 unspecified atom stereocenters. The van der Waals surface area contributed by atoms with Gasteiger partial charge in [-0.1, -0.05) is 30.3 Å². The molecular weight excluding hydrogens is 340 g/mol. The number of anilines is 1. The summed E-state index contributed by atoms with van der Waals surface area (Å²) in [5.41, 5.74) is 4.63. The Kier molecular flexibility index (Phi) is 5.31. The first-order valence-corrected chi connectivity index (χ1v) is 8.92. The second-order valence-corrected chi connectivity index (χ2v) is 6.73. The molecule has 0 saturated carbocycles. The van der Waals surface area contributed by atoms with E-state index in [1.165, 1.54) is 6.92 Å². The van der Waals surface area contributed by atoms with Crippen molar-refractivity contribution in [3.8, 4) is 5.75 Å². The minimum absolute atomic E-state index is 0.0910. The van der Waals surface area contributed by atoms with Gasteiger partial charge in [0.1, 0.15) is 5.75 Å². The molecule has 1 N–H and O–H groups in total. The maximum atomic E-state index is 12.8. The molecule has 3 rings (SSSR count). The maximum absolute atomic E-state index is 12.8. The van der Waals surface area contributed by atoms with Gasteiger partial charge in [0, 0.05) is 24.4 Å². The van der Waals surface area contributed by atoms with Crippen LogP contribution in [0.4, 0.5) is 5.69 Å². The van der Waals surface area contributed by atoms with Crippen molar-refractivity contribution < 1.29 is 14.3 Å². The lowest BCUT2D eigenvalue weighted by molar-refractivity contribution is -0.129. The molecule has 1 heterocycles. The molecule has 5 heteroatoms. The van der Waals surface area contributed by atoms with E-state index < -0.39 is 0 Å². The maximum Gasteiger partial charge on any atom is 0.226 e. The molecule has 2 aromatic carbocycles. The van der Waals surface area contributed by atoms with Gasteiger partial charge < -0.3 is 15.0 Å². The molecule has 27 heavy (non-hydrogen) atoms. The number of ether oxygens (including phenoxy) is 1. The van der Waals surface area contributed by atoms with Crippen LogP contribution in [0.1, 0.15) is 41.6 Å². The fraction of sp³-hybridized carbons (Fsp3) is 0.273. The molecule has 1 atom stereocenters. The van der Waals surface area contributed by atoms with Crippen LogP contribution in [0.25, 0.3) is 6.08 Å². The molecule has 0 aliphatic carbocycles. The van der Waals surface area contributed by atoms with Crippen LogP contribution in [0.5, 0.6) is 5.75 Å². The summed E-state index contributed by atoms with van der Waals surface area (Å²) in [5, 5.41) is 2.97. The zero-order chi connectivity index (χ0) is 19.6. The smallest absolute Gasteiger partial charge is 0.226 e. The summed E-state index contributed by atoms with van der Waals surface area (Å²) in [6.45, 7) is 5.40. The number of carbonyl (C=O) groups excluding carboxylic acids is 2. The van der Waals surface area contributed by atoms with Gasteiger partial charge in [-0.25, -0.2) is 0 Å².